The van der Waals surface area contributed by atoms with E-state index in [2.05, 4.69) is 24.0 Å². The molecule has 0 aromatic heterocycles. The van der Waals surface area contributed by atoms with Gasteiger partial charge in [-0.3, -0.25) is 9.69 Å². The number of piperidine rings is 1. The lowest BCUT2D eigenvalue weighted by Gasteiger charge is -2.34. The van der Waals surface area contributed by atoms with Crippen LogP contribution in [0.1, 0.15) is 37.7 Å². The summed E-state index contributed by atoms with van der Waals surface area (Å²) in [5.41, 5.74) is 1.28. The predicted octanol–water partition coefficient (Wildman–Crippen LogP) is 2.73. The van der Waals surface area contributed by atoms with Crippen LogP contribution < -0.4 is 0 Å². The minimum atomic E-state index is -0.671. The summed E-state index contributed by atoms with van der Waals surface area (Å²) in [7, 11) is 0. The summed E-state index contributed by atoms with van der Waals surface area (Å²) < 4.78 is 0. The van der Waals surface area contributed by atoms with E-state index in [9.17, 15) is 9.90 Å². The maximum Gasteiger partial charge on any atom is 0.320 e. The van der Waals surface area contributed by atoms with Crippen molar-refractivity contribution in [1.29, 1.82) is 0 Å². The van der Waals surface area contributed by atoms with Crippen LogP contribution in [0.4, 0.5) is 0 Å². The summed E-state index contributed by atoms with van der Waals surface area (Å²) in [6, 6.07) is 10.0. The number of carboxylic acid groups (broad SMARTS) is 1. The number of hydrogen-bond acceptors (Lipinski definition) is 2. The number of benzene rings is 1. The maximum absolute atomic E-state index is 11.2. The van der Waals surface area contributed by atoms with Crippen LogP contribution in [0, 0.1) is 0 Å². The molecule has 0 amide bonds. The zero-order valence-electron chi connectivity index (χ0n) is 10.9. The molecular weight excluding hydrogens is 226 g/mol. The average Bonchev–Trinajstić information content (AvgIpc) is 2.40. The van der Waals surface area contributed by atoms with Gasteiger partial charge in [-0.05, 0) is 30.9 Å². The smallest absolute Gasteiger partial charge is 0.320 e. The fourth-order valence-electron chi connectivity index (χ4n) is 2.73. The summed E-state index contributed by atoms with van der Waals surface area (Å²) in [5, 5.41) is 9.25. The molecule has 2 atom stereocenters. The van der Waals surface area contributed by atoms with Crippen LogP contribution >= 0.6 is 0 Å². The lowest BCUT2D eigenvalue weighted by molar-refractivity contribution is -0.144. The van der Waals surface area contributed by atoms with Crippen molar-refractivity contribution in [3.63, 3.8) is 0 Å². The molecule has 1 N–H and O–H groups in total. The van der Waals surface area contributed by atoms with Crippen LogP contribution in [0.15, 0.2) is 30.3 Å². The van der Waals surface area contributed by atoms with Crippen molar-refractivity contribution in [2.24, 2.45) is 0 Å². The molecule has 1 heterocycles. The number of aliphatic carboxylic acids is 1. The number of rotatable bonds is 4. The third kappa shape index (κ3) is 3.10. The van der Waals surface area contributed by atoms with Gasteiger partial charge >= 0.3 is 5.97 Å². The van der Waals surface area contributed by atoms with Crippen molar-refractivity contribution < 1.29 is 9.90 Å². The highest BCUT2D eigenvalue weighted by Gasteiger charge is 2.29. The quantitative estimate of drug-likeness (QED) is 0.889. The molecule has 2 rings (SSSR count). The lowest BCUT2D eigenvalue weighted by Crippen LogP contribution is -2.46. The molecule has 18 heavy (non-hydrogen) atoms. The Morgan fingerprint density at radius 1 is 1.39 bits per heavy atom. The highest BCUT2D eigenvalue weighted by Crippen LogP contribution is 2.22. The standard InChI is InChI=1S/C15H21NO2/c1-12(13-7-3-2-4-8-13)11-16-10-6-5-9-14(16)15(17)18/h2-4,7-8,12,14H,5-6,9-11H2,1H3,(H,17,18). The first-order valence-corrected chi connectivity index (χ1v) is 6.70. The summed E-state index contributed by atoms with van der Waals surface area (Å²) in [6.45, 7) is 3.91. The molecule has 1 saturated heterocycles. The minimum absolute atomic E-state index is 0.287. The third-order valence-electron chi connectivity index (χ3n) is 3.78. The Morgan fingerprint density at radius 2 is 2.11 bits per heavy atom. The topological polar surface area (TPSA) is 40.5 Å². The summed E-state index contributed by atoms with van der Waals surface area (Å²) in [5.74, 6) is -0.291. The van der Waals surface area contributed by atoms with Crippen LogP contribution in [0.25, 0.3) is 0 Å². The zero-order valence-corrected chi connectivity index (χ0v) is 10.9. The van der Waals surface area contributed by atoms with Crippen LogP contribution in [0.3, 0.4) is 0 Å². The van der Waals surface area contributed by atoms with Gasteiger partial charge in [0.1, 0.15) is 6.04 Å². The van der Waals surface area contributed by atoms with Crippen LogP contribution in [0.2, 0.25) is 0 Å². The molecule has 98 valence electrons. The largest absolute Gasteiger partial charge is 0.480 e. The first-order valence-electron chi connectivity index (χ1n) is 6.70. The van der Waals surface area contributed by atoms with E-state index in [1.807, 2.05) is 18.2 Å². The van der Waals surface area contributed by atoms with Gasteiger partial charge in [-0.2, -0.15) is 0 Å². The Labute approximate surface area is 108 Å². The van der Waals surface area contributed by atoms with E-state index in [4.69, 9.17) is 0 Å². The third-order valence-corrected chi connectivity index (χ3v) is 3.78. The van der Waals surface area contributed by atoms with Crippen LogP contribution in [0.5, 0.6) is 0 Å². The molecule has 1 aromatic carbocycles. The van der Waals surface area contributed by atoms with Crippen molar-refractivity contribution in [2.45, 2.75) is 38.1 Å². The molecule has 2 unspecified atom stereocenters. The highest BCUT2D eigenvalue weighted by molar-refractivity contribution is 5.73. The van der Waals surface area contributed by atoms with Gasteiger partial charge in [0.2, 0.25) is 0 Å². The normalized spacial score (nSPS) is 22.6. The Bertz CT molecular complexity index is 391. The molecule has 0 spiro atoms. The second-order valence-corrected chi connectivity index (χ2v) is 5.16. The van der Waals surface area contributed by atoms with Gasteiger partial charge in [0.15, 0.2) is 0 Å². The van der Waals surface area contributed by atoms with Crippen molar-refractivity contribution in [1.82, 2.24) is 4.90 Å². The van der Waals surface area contributed by atoms with Gasteiger partial charge in [0.25, 0.3) is 0 Å². The fraction of sp³-hybridized carbons (Fsp3) is 0.533. The van der Waals surface area contributed by atoms with Gasteiger partial charge < -0.3 is 5.11 Å². The van der Waals surface area contributed by atoms with Crippen molar-refractivity contribution >= 4 is 5.97 Å². The molecule has 1 aromatic rings. The molecule has 0 aliphatic carbocycles. The van der Waals surface area contributed by atoms with Crippen molar-refractivity contribution in [3.8, 4) is 0 Å². The van der Waals surface area contributed by atoms with E-state index in [0.29, 0.717) is 5.92 Å². The summed E-state index contributed by atoms with van der Waals surface area (Å²) in [6.07, 6.45) is 2.94. The van der Waals surface area contributed by atoms with E-state index < -0.39 is 5.97 Å². The number of likely N-dealkylation sites (tertiary alicyclic amines) is 1. The lowest BCUT2D eigenvalue weighted by atomic mass is 9.96. The fourth-order valence-corrected chi connectivity index (χ4v) is 2.73. The SMILES string of the molecule is CC(CN1CCCCC1C(=O)O)c1ccccc1. The molecule has 0 saturated carbocycles. The average molecular weight is 247 g/mol. The Hall–Kier alpha value is -1.35. The maximum atomic E-state index is 11.2. The highest BCUT2D eigenvalue weighted by atomic mass is 16.4. The molecule has 0 radical (unpaired) electrons. The number of nitrogens with zero attached hydrogens (tertiary/aromatic N) is 1. The number of carbonyl (C=O) groups is 1. The van der Waals surface area contributed by atoms with E-state index in [1.165, 1.54) is 5.56 Å². The first kappa shape index (κ1) is 13.1. The van der Waals surface area contributed by atoms with E-state index in [0.717, 1.165) is 32.4 Å². The van der Waals surface area contributed by atoms with Crippen LogP contribution in [-0.4, -0.2) is 35.1 Å². The van der Waals surface area contributed by atoms with Gasteiger partial charge in [-0.25, -0.2) is 0 Å². The van der Waals surface area contributed by atoms with Crippen LogP contribution in [-0.2, 0) is 4.79 Å². The van der Waals surface area contributed by atoms with Crippen molar-refractivity contribution in [3.05, 3.63) is 35.9 Å². The predicted molar refractivity (Wildman–Crippen MR) is 71.7 cm³/mol. The molecule has 1 aliphatic rings. The van der Waals surface area contributed by atoms with E-state index in [1.54, 1.807) is 0 Å². The van der Waals surface area contributed by atoms with Gasteiger partial charge in [0.05, 0.1) is 0 Å². The van der Waals surface area contributed by atoms with Crippen molar-refractivity contribution in [2.75, 3.05) is 13.1 Å². The van der Waals surface area contributed by atoms with E-state index >= 15 is 0 Å². The van der Waals surface area contributed by atoms with Gasteiger partial charge in [-0.1, -0.05) is 43.7 Å². The monoisotopic (exact) mass is 247 g/mol. The Balaban J connectivity index is 2.01. The molecule has 3 nitrogen and oxygen atoms in total. The molecular formula is C15H21NO2. The molecule has 1 fully saturated rings. The molecule has 0 bridgehead atoms. The van der Waals surface area contributed by atoms with Gasteiger partial charge in [-0.15, -0.1) is 0 Å². The zero-order chi connectivity index (χ0) is 13.0. The number of hydrogen-bond donors (Lipinski definition) is 1. The minimum Gasteiger partial charge on any atom is -0.480 e. The summed E-state index contributed by atoms with van der Waals surface area (Å²) >= 11 is 0. The van der Waals surface area contributed by atoms with Gasteiger partial charge in [0, 0.05) is 6.54 Å². The second kappa shape index (κ2) is 6.01. The molecule has 1 aliphatic heterocycles. The Kier molecular flexibility index (Phi) is 4.37. The number of carboxylic acids is 1. The van der Waals surface area contributed by atoms with E-state index in [-0.39, 0.29) is 6.04 Å². The molecule has 3 heteroatoms. The summed E-state index contributed by atoms with van der Waals surface area (Å²) in [4.78, 5) is 13.4. The first-order chi connectivity index (χ1) is 8.68. The second-order valence-electron chi connectivity index (χ2n) is 5.16. The Morgan fingerprint density at radius 3 is 2.78 bits per heavy atom.